The average Bonchev–Trinajstić information content (AvgIpc) is 3.05. The molecule has 3 N–H and O–H groups in total. The fraction of sp³-hybridized carbons (Fsp3) is 0.600. The molecule has 0 bridgehead atoms. The van der Waals surface area contributed by atoms with Crippen molar-refractivity contribution < 1.29 is 27.1 Å². The van der Waals surface area contributed by atoms with Crippen LogP contribution in [0.5, 0.6) is 0 Å². The highest BCUT2D eigenvalue weighted by atomic mass is 32.2. The van der Waals surface area contributed by atoms with Crippen molar-refractivity contribution in [2.45, 2.75) is 69.5 Å². The van der Waals surface area contributed by atoms with Crippen LogP contribution in [0.15, 0.2) is 29.2 Å². The van der Waals surface area contributed by atoms with Crippen molar-refractivity contribution in [3.63, 3.8) is 0 Å². The Bertz CT molecular complexity index is 852. The van der Waals surface area contributed by atoms with Gasteiger partial charge in [-0.05, 0) is 70.7 Å². The number of halogens is 1. The number of alkyl carbamates (subject to hydrolysis) is 1. The third-order valence-electron chi connectivity index (χ3n) is 4.74. The van der Waals surface area contributed by atoms with Gasteiger partial charge < -0.3 is 15.4 Å². The Morgan fingerprint density at radius 2 is 1.83 bits per heavy atom. The average molecular weight is 444 g/mol. The number of ether oxygens (including phenoxy) is 1. The highest BCUT2D eigenvalue weighted by Gasteiger charge is 2.31. The molecule has 1 aromatic carbocycles. The molecule has 2 rings (SSSR count). The largest absolute Gasteiger partial charge is 0.444 e. The second-order valence-electron chi connectivity index (χ2n) is 8.49. The van der Waals surface area contributed by atoms with Gasteiger partial charge in [0.05, 0.1) is 10.9 Å². The standard InChI is InChI=1S/C20H30FN3O5S/c1-13(24-30(27,28)16-10-8-15(21)9-11-16)18(25)23-17-7-5-6-14(17)12-22-19(26)29-20(2,3)4/h8-11,13-14,17,24H,5-7,12H2,1-4H3,(H,22,26)(H,23,25)/t13-,14-,17+/m0/s1. The zero-order valence-electron chi connectivity index (χ0n) is 17.7. The Hall–Kier alpha value is -2.20. The van der Waals surface area contributed by atoms with Crippen LogP contribution >= 0.6 is 0 Å². The maximum absolute atomic E-state index is 13.0. The van der Waals surface area contributed by atoms with E-state index in [0.717, 1.165) is 43.5 Å². The molecule has 0 spiro atoms. The van der Waals surface area contributed by atoms with Crippen molar-refractivity contribution >= 4 is 22.0 Å². The summed E-state index contributed by atoms with van der Waals surface area (Å²) in [5.74, 6) is -0.982. The highest BCUT2D eigenvalue weighted by molar-refractivity contribution is 7.89. The molecule has 0 unspecified atom stereocenters. The van der Waals surface area contributed by atoms with E-state index >= 15 is 0 Å². The van der Waals surface area contributed by atoms with Crippen molar-refractivity contribution in [1.29, 1.82) is 0 Å². The number of benzene rings is 1. The smallest absolute Gasteiger partial charge is 0.407 e. The van der Waals surface area contributed by atoms with Crippen LogP contribution in [-0.4, -0.2) is 44.6 Å². The molecule has 8 nitrogen and oxygen atoms in total. The van der Waals surface area contributed by atoms with Crippen LogP contribution in [0.4, 0.5) is 9.18 Å². The summed E-state index contributed by atoms with van der Waals surface area (Å²) in [6.45, 7) is 7.13. The molecular weight excluding hydrogens is 413 g/mol. The Morgan fingerprint density at radius 1 is 1.20 bits per heavy atom. The predicted octanol–water partition coefficient (Wildman–Crippen LogP) is 2.30. The second-order valence-corrected chi connectivity index (χ2v) is 10.2. The van der Waals surface area contributed by atoms with Crippen LogP contribution in [-0.2, 0) is 19.6 Å². The Morgan fingerprint density at radius 3 is 2.43 bits per heavy atom. The summed E-state index contributed by atoms with van der Waals surface area (Å²) >= 11 is 0. The quantitative estimate of drug-likeness (QED) is 0.598. The summed E-state index contributed by atoms with van der Waals surface area (Å²) in [5, 5.41) is 5.59. The van der Waals surface area contributed by atoms with E-state index in [1.54, 1.807) is 20.8 Å². The molecule has 1 aliphatic carbocycles. The number of rotatable bonds is 7. The number of carbonyl (C=O) groups excluding carboxylic acids is 2. The molecule has 1 fully saturated rings. The lowest BCUT2D eigenvalue weighted by molar-refractivity contribution is -0.123. The van der Waals surface area contributed by atoms with Crippen molar-refractivity contribution in [2.75, 3.05) is 6.54 Å². The first-order valence-corrected chi connectivity index (χ1v) is 11.4. The molecule has 30 heavy (non-hydrogen) atoms. The van der Waals surface area contributed by atoms with E-state index in [9.17, 15) is 22.4 Å². The summed E-state index contributed by atoms with van der Waals surface area (Å²) < 4.78 is 45.3. The molecule has 1 aromatic rings. The van der Waals surface area contributed by atoms with Crippen LogP contribution in [0, 0.1) is 11.7 Å². The number of hydrogen-bond donors (Lipinski definition) is 3. The van der Waals surface area contributed by atoms with Gasteiger partial charge in [0.1, 0.15) is 11.4 Å². The van der Waals surface area contributed by atoms with Gasteiger partial charge in [-0.1, -0.05) is 6.42 Å². The third kappa shape index (κ3) is 7.24. The summed E-state index contributed by atoms with van der Waals surface area (Å²) in [6, 6.07) is 3.17. The highest BCUT2D eigenvalue weighted by Crippen LogP contribution is 2.25. The molecule has 1 saturated carbocycles. The molecule has 0 aliphatic heterocycles. The number of hydrogen-bond acceptors (Lipinski definition) is 5. The van der Waals surface area contributed by atoms with Crippen LogP contribution in [0.1, 0.15) is 47.0 Å². The SMILES string of the molecule is C[C@H](NS(=O)(=O)c1ccc(F)cc1)C(=O)N[C@@H]1CCC[C@H]1CNC(=O)OC(C)(C)C. The Balaban J connectivity index is 1.89. The molecular formula is C20H30FN3O5S. The lowest BCUT2D eigenvalue weighted by Gasteiger charge is -2.25. The minimum absolute atomic E-state index is 0.0300. The van der Waals surface area contributed by atoms with Gasteiger partial charge in [0.2, 0.25) is 15.9 Å². The Labute approximate surface area is 177 Å². The van der Waals surface area contributed by atoms with E-state index in [2.05, 4.69) is 15.4 Å². The number of sulfonamides is 1. The monoisotopic (exact) mass is 443 g/mol. The fourth-order valence-electron chi connectivity index (χ4n) is 3.28. The second kappa shape index (κ2) is 9.74. The molecule has 0 radical (unpaired) electrons. The predicted molar refractivity (Wildman–Crippen MR) is 110 cm³/mol. The Kier molecular flexibility index (Phi) is 7.81. The van der Waals surface area contributed by atoms with Crippen molar-refractivity contribution in [3.8, 4) is 0 Å². The van der Waals surface area contributed by atoms with E-state index in [-0.39, 0.29) is 16.9 Å². The summed E-state index contributed by atoms with van der Waals surface area (Å²) in [4.78, 5) is 24.2. The van der Waals surface area contributed by atoms with Gasteiger partial charge in [0, 0.05) is 12.6 Å². The minimum atomic E-state index is -3.96. The van der Waals surface area contributed by atoms with Gasteiger partial charge in [0.25, 0.3) is 0 Å². The van der Waals surface area contributed by atoms with Crippen LogP contribution < -0.4 is 15.4 Å². The molecule has 0 saturated heterocycles. The number of carbonyl (C=O) groups is 2. The normalized spacial score (nSPS) is 20.4. The summed E-state index contributed by atoms with van der Waals surface area (Å²) in [5.41, 5.74) is -0.593. The summed E-state index contributed by atoms with van der Waals surface area (Å²) in [7, 11) is -3.96. The van der Waals surface area contributed by atoms with Gasteiger partial charge >= 0.3 is 6.09 Å². The van der Waals surface area contributed by atoms with Gasteiger partial charge in [-0.2, -0.15) is 4.72 Å². The maximum Gasteiger partial charge on any atom is 0.407 e. The molecule has 0 aromatic heterocycles. The van der Waals surface area contributed by atoms with Crippen molar-refractivity contribution in [2.24, 2.45) is 5.92 Å². The molecule has 10 heteroatoms. The topological polar surface area (TPSA) is 114 Å². The fourth-order valence-corrected chi connectivity index (χ4v) is 4.48. The zero-order valence-corrected chi connectivity index (χ0v) is 18.5. The molecule has 3 atom stereocenters. The van der Waals surface area contributed by atoms with E-state index in [1.807, 2.05) is 0 Å². The van der Waals surface area contributed by atoms with E-state index < -0.39 is 39.5 Å². The van der Waals surface area contributed by atoms with Gasteiger partial charge in [0.15, 0.2) is 0 Å². The first-order valence-electron chi connectivity index (χ1n) is 9.92. The lowest BCUT2D eigenvalue weighted by Crippen LogP contribution is -2.50. The first-order chi connectivity index (χ1) is 13.9. The van der Waals surface area contributed by atoms with Crippen LogP contribution in [0.25, 0.3) is 0 Å². The van der Waals surface area contributed by atoms with Gasteiger partial charge in [-0.25, -0.2) is 17.6 Å². The van der Waals surface area contributed by atoms with E-state index in [0.29, 0.717) is 6.54 Å². The molecule has 1 aliphatic rings. The minimum Gasteiger partial charge on any atom is -0.444 e. The van der Waals surface area contributed by atoms with Crippen LogP contribution in [0.3, 0.4) is 0 Å². The van der Waals surface area contributed by atoms with E-state index in [4.69, 9.17) is 4.74 Å². The number of nitrogens with one attached hydrogen (secondary N) is 3. The van der Waals surface area contributed by atoms with Crippen molar-refractivity contribution in [1.82, 2.24) is 15.4 Å². The van der Waals surface area contributed by atoms with E-state index in [1.165, 1.54) is 6.92 Å². The molecule has 0 heterocycles. The third-order valence-corrected chi connectivity index (χ3v) is 6.30. The zero-order chi connectivity index (χ0) is 22.5. The van der Waals surface area contributed by atoms with Gasteiger partial charge in [-0.15, -0.1) is 0 Å². The van der Waals surface area contributed by atoms with Crippen molar-refractivity contribution in [3.05, 3.63) is 30.1 Å². The maximum atomic E-state index is 13.0. The van der Waals surface area contributed by atoms with Crippen LogP contribution in [0.2, 0.25) is 0 Å². The lowest BCUT2D eigenvalue weighted by atomic mass is 10.0. The summed E-state index contributed by atoms with van der Waals surface area (Å²) in [6.07, 6.45) is 1.95. The molecule has 168 valence electrons. The first kappa shape index (κ1) is 24.1. The molecule has 2 amide bonds. The van der Waals surface area contributed by atoms with Gasteiger partial charge in [-0.3, -0.25) is 4.79 Å². The number of amides is 2.